The maximum atomic E-state index is 12.3. The maximum Gasteiger partial charge on any atom is 0.293 e. The summed E-state index contributed by atoms with van der Waals surface area (Å²) in [6.07, 6.45) is 5.68. The smallest absolute Gasteiger partial charge is 0.293 e. The molecule has 1 aromatic rings. The molecule has 1 unspecified atom stereocenters. The zero-order chi connectivity index (χ0) is 13.1. The summed E-state index contributed by atoms with van der Waals surface area (Å²) >= 11 is 5.92. The molecule has 1 aliphatic heterocycles. The molecule has 0 bridgehead atoms. The minimum Gasteiger partial charge on any atom is -0.352 e. The van der Waals surface area contributed by atoms with E-state index < -0.39 is 0 Å². The number of anilines is 1. The van der Waals surface area contributed by atoms with Crippen molar-refractivity contribution in [2.24, 2.45) is 5.92 Å². The van der Waals surface area contributed by atoms with Gasteiger partial charge in [-0.15, -0.1) is 11.6 Å². The number of alkyl halides is 1. The van der Waals surface area contributed by atoms with Gasteiger partial charge in [0.15, 0.2) is 5.82 Å². The molecule has 0 spiro atoms. The van der Waals surface area contributed by atoms with E-state index in [9.17, 15) is 4.79 Å². The van der Waals surface area contributed by atoms with Crippen LogP contribution in [0.5, 0.6) is 0 Å². The molecule has 2 heterocycles. The van der Waals surface area contributed by atoms with E-state index in [4.69, 9.17) is 11.6 Å². The lowest BCUT2D eigenvalue weighted by Crippen LogP contribution is -2.41. The van der Waals surface area contributed by atoms with Crippen LogP contribution in [0.4, 0.5) is 5.82 Å². The van der Waals surface area contributed by atoms with Gasteiger partial charge in [-0.05, 0) is 32.6 Å². The predicted molar refractivity (Wildman–Crippen MR) is 74.5 cm³/mol. The third kappa shape index (κ3) is 2.69. The van der Waals surface area contributed by atoms with Crippen LogP contribution in [0.15, 0.2) is 17.2 Å². The van der Waals surface area contributed by atoms with E-state index in [0.29, 0.717) is 17.6 Å². The molecule has 18 heavy (non-hydrogen) atoms. The van der Waals surface area contributed by atoms with Crippen LogP contribution in [0.3, 0.4) is 0 Å². The number of rotatable bonds is 3. The maximum absolute atomic E-state index is 12.3. The molecular formula is C13H20ClN3O. The zero-order valence-corrected chi connectivity index (χ0v) is 11.7. The third-order valence-electron chi connectivity index (χ3n) is 3.44. The number of halogens is 1. The molecule has 0 saturated carbocycles. The van der Waals surface area contributed by atoms with E-state index >= 15 is 0 Å². The number of aromatic nitrogens is 2. The summed E-state index contributed by atoms with van der Waals surface area (Å²) in [6.45, 7) is 5.75. The van der Waals surface area contributed by atoms with Gasteiger partial charge in [0.25, 0.3) is 5.56 Å². The van der Waals surface area contributed by atoms with Crippen molar-refractivity contribution in [1.29, 1.82) is 0 Å². The lowest BCUT2D eigenvalue weighted by atomic mass is 10.0. The van der Waals surface area contributed by atoms with Crippen molar-refractivity contribution < 1.29 is 0 Å². The highest BCUT2D eigenvalue weighted by atomic mass is 35.5. The van der Waals surface area contributed by atoms with E-state index in [1.165, 1.54) is 0 Å². The van der Waals surface area contributed by atoms with E-state index in [-0.39, 0.29) is 11.6 Å². The SMILES string of the molecule is CC(C)n1ccnc(N2CCCC(CCl)C2)c1=O. The first-order valence-corrected chi connectivity index (χ1v) is 7.05. The molecule has 0 radical (unpaired) electrons. The second kappa shape index (κ2) is 5.74. The largest absolute Gasteiger partial charge is 0.352 e. The van der Waals surface area contributed by atoms with Crippen LogP contribution in [-0.2, 0) is 0 Å². The number of hydrogen-bond acceptors (Lipinski definition) is 3. The lowest BCUT2D eigenvalue weighted by Gasteiger charge is -2.32. The molecule has 1 saturated heterocycles. The fourth-order valence-electron chi connectivity index (χ4n) is 2.42. The molecule has 5 heteroatoms. The summed E-state index contributed by atoms with van der Waals surface area (Å²) in [5, 5.41) is 0. The zero-order valence-electron chi connectivity index (χ0n) is 11.0. The van der Waals surface area contributed by atoms with Crippen LogP contribution < -0.4 is 10.5 Å². The Bertz CT molecular complexity index is 458. The molecule has 0 aliphatic carbocycles. The van der Waals surface area contributed by atoms with Gasteiger partial charge >= 0.3 is 0 Å². The normalized spacial score (nSPS) is 20.4. The fraction of sp³-hybridized carbons (Fsp3) is 0.692. The van der Waals surface area contributed by atoms with Crippen molar-refractivity contribution in [3.63, 3.8) is 0 Å². The topological polar surface area (TPSA) is 38.1 Å². The van der Waals surface area contributed by atoms with E-state index in [2.05, 4.69) is 9.88 Å². The summed E-state index contributed by atoms with van der Waals surface area (Å²) in [6, 6.07) is 0.160. The Morgan fingerprint density at radius 2 is 2.33 bits per heavy atom. The number of piperidine rings is 1. The third-order valence-corrected chi connectivity index (χ3v) is 3.88. The average molecular weight is 270 g/mol. The summed E-state index contributed by atoms with van der Waals surface area (Å²) in [7, 11) is 0. The Hall–Kier alpha value is -1.03. The summed E-state index contributed by atoms with van der Waals surface area (Å²) in [5.74, 6) is 1.69. The highest BCUT2D eigenvalue weighted by molar-refractivity contribution is 6.18. The van der Waals surface area contributed by atoms with E-state index in [0.717, 1.165) is 25.9 Å². The second-order valence-electron chi connectivity index (χ2n) is 5.17. The van der Waals surface area contributed by atoms with Gasteiger partial charge < -0.3 is 9.47 Å². The predicted octanol–water partition coefficient (Wildman–Crippen LogP) is 2.28. The summed E-state index contributed by atoms with van der Waals surface area (Å²) < 4.78 is 1.73. The van der Waals surface area contributed by atoms with Crippen molar-refractivity contribution >= 4 is 17.4 Å². The second-order valence-corrected chi connectivity index (χ2v) is 5.47. The van der Waals surface area contributed by atoms with Gasteiger partial charge in [0.05, 0.1) is 0 Å². The van der Waals surface area contributed by atoms with Crippen molar-refractivity contribution in [3.8, 4) is 0 Å². The van der Waals surface area contributed by atoms with Crippen LogP contribution in [0, 0.1) is 5.92 Å². The van der Waals surface area contributed by atoms with Crippen molar-refractivity contribution in [3.05, 3.63) is 22.7 Å². The monoisotopic (exact) mass is 269 g/mol. The van der Waals surface area contributed by atoms with Crippen LogP contribution in [0.25, 0.3) is 0 Å². The van der Waals surface area contributed by atoms with Crippen LogP contribution in [-0.4, -0.2) is 28.5 Å². The first kappa shape index (κ1) is 13.4. The highest BCUT2D eigenvalue weighted by Gasteiger charge is 2.22. The quantitative estimate of drug-likeness (QED) is 0.790. The van der Waals surface area contributed by atoms with Crippen LogP contribution in [0.1, 0.15) is 32.7 Å². The van der Waals surface area contributed by atoms with Gasteiger partial charge in [-0.1, -0.05) is 0 Å². The van der Waals surface area contributed by atoms with E-state index in [1.807, 2.05) is 13.8 Å². The molecule has 0 amide bonds. The highest BCUT2D eigenvalue weighted by Crippen LogP contribution is 2.20. The molecular weight excluding hydrogens is 250 g/mol. The Morgan fingerprint density at radius 1 is 1.56 bits per heavy atom. The molecule has 1 aromatic heterocycles. The Balaban J connectivity index is 2.28. The van der Waals surface area contributed by atoms with Gasteiger partial charge in [0, 0.05) is 37.4 Å². The molecule has 0 aromatic carbocycles. The Kier molecular flexibility index (Phi) is 4.27. The van der Waals surface area contributed by atoms with Gasteiger partial charge in [-0.2, -0.15) is 0 Å². The molecule has 1 fully saturated rings. The lowest BCUT2D eigenvalue weighted by molar-refractivity contribution is 0.445. The minimum atomic E-state index is 0.00252. The summed E-state index contributed by atoms with van der Waals surface area (Å²) in [5.41, 5.74) is 0.00252. The van der Waals surface area contributed by atoms with E-state index in [1.54, 1.807) is 17.0 Å². The van der Waals surface area contributed by atoms with Gasteiger partial charge in [-0.3, -0.25) is 4.79 Å². The summed E-state index contributed by atoms with van der Waals surface area (Å²) in [4.78, 5) is 18.7. The van der Waals surface area contributed by atoms with Crippen molar-refractivity contribution in [1.82, 2.24) is 9.55 Å². The molecule has 2 rings (SSSR count). The first-order valence-electron chi connectivity index (χ1n) is 6.51. The van der Waals surface area contributed by atoms with Crippen molar-refractivity contribution in [2.75, 3.05) is 23.9 Å². The molecule has 100 valence electrons. The van der Waals surface area contributed by atoms with Crippen molar-refractivity contribution in [2.45, 2.75) is 32.7 Å². The van der Waals surface area contributed by atoms with Gasteiger partial charge in [0.2, 0.25) is 0 Å². The Labute approximate surface area is 113 Å². The number of hydrogen-bond donors (Lipinski definition) is 0. The molecule has 1 aliphatic rings. The fourth-order valence-corrected chi connectivity index (χ4v) is 2.67. The van der Waals surface area contributed by atoms with Crippen LogP contribution in [0.2, 0.25) is 0 Å². The Morgan fingerprint density at radius 3 is 3.00 bits per heavy atom. The first-order chi connectivity index (χ1) is 8.63. The van der Waals surface area contributed by atoms with Crippen LogP contribution >= 0.6 is 11.6 Å². The van der Waals surface area contributed by atoms with Gasteiger partial charge in [-0.25, -0.2) is 4.98 Å². The standard InChI is InChI=1S/C13H20ClN3O/c1-10(2)17-7-5-15-12(13(17)18)16-6-3-4-11(8-14)9-16/h5,7,10-11H,3-4,6,8-9H2,1-2H3. The molecule has 0 N–H and O–H groups in total. The van der Waals surface area contributed by atoms with Gasteiger partial charge in [0.1, 0.15) is 0 Å². The molecule has 4 nitrogen and oxygen atoms in total. The number of nitrogens with zero attached hydrogens (tertiary/aromatic N) is 3. The molecule has 1 atom stereocenters. The average Bonchev–Trinajstić information content (AvgIpc) is 2.38. The minimum absolute atomic E-state index is 0.00252.